The van der Waals surface area contributed by atoms with E-state index in [4.69, 9.17) is 9.47 Å². The number of rotatable bonds is 8. The number of methoxy groups -OCH3 is 1. The topological polar surface area (TPSA) is 51.7 Å². The maximum atomic E-state index is 12.4. The second-order valence-corrected chi connectivity index (χ2v) is 7.59. The van der Waals surface area contributed by atoms with Gasteiger partial charge < -0.3 is 14.4 Å². The zero-order valence-electron chi connectivity index (χ0n) is 14.3. The smallest absolute Gasteiger partial charge is 0.226 e. The Morgan fingerprint density at radius 2 is 2.00 bits per heavy atom. The van der Waals surface area contributed by atoms with Gasteiger partial charge in [-0.05, 0) is 37.8 Å². The van der Waals surface area contributed by atoms with Gasteiger partial charge in [0.05, 0.1) is 19.3 Å². The maximum absolute atomic E-state index is 12.4. The average Bonchev–Trinajstić information content (AvgIpc) is 3.56. The van der Waals surface area contributed by atoms with Crippen molar-refractivity contribution in [2.45, 2.75) is 44.9 Å². The zero-order valence-corrected chi connectivity index (χ0v) is 15.1. The first-order chi connectivity index (χ1) is 12.2. The zero-order chi connectivity index (χ0) is 17.2. The third kappa shape index (κ3) is 3.95. The van der Waals surface area contributed by atoms with Crippen molar-refractivity contribution in [1.29, 1.82) is 0 Å². The molecule has 132 valence electrons. The van der Waals surface area contributed by atoms with Crippen LogP contribution >= 0.6 is 11.3 Å². The lowest BCUT2D eigenvalue weighted by Gasteiger charge is -2.21. The highest BCUT2D eigenvalue weighted by Gasteiger charge is 2.40. The molecule has 1 amide bonds. The first-order valence-corrected chi connectivity index (χ1v) is 9.62. The summed E-state index contributed by atoms with van der Waals surface area (Å²) in [6, 6.07) is 8.03. The lowest BCUT2D eigenvalue weighted by molar-refractivity contribution is -0.133. The monoisotopic (exact) mass is 358 g/mol. The lowest BCUT2D eigenvalue weighted by Crippen LogP contribution is -2.33. The van der Waals surface area contributed by atoms with Gasteiger partial charge in [0.25, 0.3) is 0 Å². The molecule has 0 aliphatic heterocycles. The van der Waals surface area contributed by atoms with Gasteiger partial charge in [0.15, 0.2) is 11.5 Å². The number of para-hydroxylation sites is 2. The second-order valence-electron chi connectivity index (χ2n) is 6.64. The molecule has 2 aromatic rings. The van der Waals surface area contributed by atoms with Gasteiger partial charge in [-0.2, -0.15) is 0 Å². The summed E-state index contributed by atoms with van der Waals surface area (Å²) in [5, 5.41) is 2.95. The van der Waals surface area contributed by atoms with Crippen LogP contribution in [0.15, 0.2) is 29.6 Å². The number of aromatic nitrogens is 1. The fraction of sp³-hybridized carbons (Fsp3) is 0.474. The van der Waals surface area contributed by atoms with Crippen molar-refractivity contribution < 1.29 is 14.3 Å². The van der Waals surface area contributed by atoms with Crippen molar-refractivity contribution in [3.63, 3.8) is 0 Å². The molecule has 0 radical (unpaired) electrons. The van der Waals surface area contributed by atoms with Crippen molar-refractivity contribution >= 4 is 17.2 Å². The van der Waals surface area contributed by atoms with E-state index in [9.17, 15) is 4.79 Å². The van der Waals surface area contributed by atoms with Gasteiger partial charge in [0.2, 0.25) is 5.91 Å². The molecule has 2 fully saturated rings. The Morgan fingerprint density at radius 1 is 1.24 bits per heavy atom. The van der Waals surface area contributed by atoms with Gasteiger partial charge in [0.1, 0.15) is 11.6 Å². The highest BCUT2D eigenvalue weighted by Crippen LogP contribution is 2.37. The first-order valence-electron chi connectivity index (χ1n) is 8.74. The molecule has 2 aliphatic carbocycles. The number of ether oxygens (including phenoxy) is 2. The molecule has 1 aromatic heterocycles. The van der Waals surface area contributed by atoms with Crippen molar-refractivity contribution in [1.82, 2.24) is 9.88 Å². The molecule has 2 aliphatic rings. The molecular formula is C19H22N2O3S. The third-order valence-corrected chi connectivity index (χ3v) is 5.42. The van der Waals surface area contributed by atoms with E-state index in [1.54, 1.807) is 18.4 Å². The molecule has 0 bridgehead atoms. The van der Waals surface area contributed by atoms with Crippen LogP contribution in [0.2, 0.25) is 0 Å². The molecule has 4 rings (SSSR count). The van der Waals surface area contributed by atoms with Crippen LogP contribution in [0.4, 0.5) is 0 Å². The normalized spacial score (nSPS) is 16.5. The predicted molar refractivity (Wildman–Crippen MR) is 95.7 cm³/mol. The van der Waals surface area contributed by atoms with Crippen LogP contribution < -0.4 is 9.47 Å². The minimum atomic E-state index is 0.271. The van der Waals surface area contributed by atoms with E-state index in [-0.39, 0.29) is 5.92 Å². The van der Waals surface area contributed by atoms with Crippen molar-refractivity contribution in [3.8, 4) is 11.5 Å². The molecular weight excluding hydrogens is 336 g/mol. The number of carbonyl (C=O) groups excluding carboxylic acids is 1. The number of carbonyl (C=O) groups is 1. The van der Waals surface area contributed by atoms with Crippen molar-refractivity contribution in [2.75, 3.05) is 7.11 Å². The number of benzene rings is 1. The first kappa shape index (κ1) is 16.4. The highest BCUT2D eigenvalue weighted by atomic mass is 32.1. The standard InChI is InChI=1S/C19H22N2O3S/c1-23-16-4-2-3-5-17(16)24-11-18-20-14(12-25-18)10-21(15-8-9-15)19(22)13-6-7-13/h2-5,12-13,15H,6-11H2,1H3. The molecule has 5 nitrogen and oxygen atoms in total. The van der Waals surface area contributed by atoms with E-state index in [0.29, 0.717) is 36.6 Å². The minimum absolute atomic E-state index is 0.271. The van der Waals surface area contributed by atoms with E-state index < -0.39 is 0 Å². The van der Waals surface area contributed by atoms with Gasteiger partial charge in [-0.3, -0.25) is 4.79 Å². The van der Waals surface area contributed by atoms with E-state index >= 15 is 0 Å². The predicted octanol–water partition coefficient (Wildman–Crippen LogP) is 3.63. The summed E-state index contributed by atoms with van der Waals surface area (Å²) in [5.41, 5.74) is 0.963. The Bertz CT molecular complexity index is 753. The SMILES string of the molecule is COc1ccccc1OCc1nc(CN(C(=O)C2CC2)C2CC2)cs1. The average molecular weight is 358 g/mol. The molecule has 0 saturated heterocycles. The van der Waals surface area contributed by atoms with Gasteiger partial charge in [-0.15, -0.1) is 11.3 Å². The van der Waals surface area contributed by atoms with E-state index in [1.165, 1.54) is 0 Å². The van der Waals surface area contributed by atoms with E-state index in [2.05, 4.69) is 4.98 Å². The molecule has 6 heteroatoms. The number of amides is 1. The number of hydrogen-bond acceptors (Lipinski definition) is 5. The Labute approximate surface area is 151 Å². The minimum Gasteiger partial charge on any atom is -0.493 e. The Balaban J connectivity index is 1.37. The molecule has 0 N–H and O–H groups in total. The van der Waals surface area contributed by atoms with Crippen LogP contribution in [0.25, 0.3) is 0 Å². The summed E-state index contributed by atoms with van der Waals surface area (Å²) >= 11 is 1.58. The van der Waals surface area contributed by atoms with Gasteiger partial charge in [0, 0.05) is 17.3 Å². The molecule has 0 unspecified atom stereocenters. The van der Waals surface area contributed by atoms with Crippen molar-refractivity contribution in [3.05, 3.63) is 40.3 Å². The number of thiazole rings is 1. The van der Waals surface area contributed by atoms with Gasteiger partial charge in [-0.25, -0.2) is 4.98 Å². The van der Waals surface area contributed by atoms with Crippen LogP contribution in [0.5, 0.6) is 11.5 Å². The molecule has 1 aromatic carbocycles. The van der Waals surface area contributed by atoms with Crippen LogP contribution in [0, 0.1) is 5.92 Å². The van der Waals surface area contributed by atoms with Crippen LogP contribution in [0.3, 0.4) is 0 Å². The van der Waals surface area contributed by atoms with Crippen LogP contribution in [0.1, 0.15) is 36.4 Å². The maximum Gasteiger partial charge on any atom is 0.226 e. The summed E-state index contributed by atoms with van der Waals surface area (Å²) < 4.78 is 11.1. The summed E-state index contributed by atoms with van der Waals surface area (Å²) in [4.78, 5) is 19.1. The summed E-state index contributed by atoms with van der Waals surface area (Å²) in [6.07, 6.45) is 4.37. The van der Waals surface area contributed by atoms with E-state index in [0.717, 1.165) is 36.4 Å². The summed E-state index contributed by atoms with van der Waals surface area (Å²) in [6.45, 7) is 1.04. The van der Waals surface area contributed by atoms with Crippen LogP contribution in [-0.2, 0) is 17.9 Å². The molecule has 25 heavy (non-hydrogen) atoms. The summed E-state index contributed by atoms with van der Waals surface area (Å²) in [7, 11) is 1.63. The highest BCUT2D eigenvalue weighted by molar-refractivity contribution is 7.09. The Hall–Kier alpha value is -2.08. The van der Waals surface area contributed by atoms with E-state index in [1.807, 2.05) is 34.5 Å². The fourth-order valence-electron chi connectivity index (χ4n) is 2.88. The summed E-state index contributed by atoms with van der Waals surface area (Å²) in [5.74, 6) is 2.02. The lowest BCUT2D eigenvalue weighted by atomic mass is 10.3. The largest absolute Gasteiger partial charge is 0.493 e. The quantitative estimate of drug-likeness (QED) is 0.723. The third-order valence-electron chi connectivity index (χ3n) is 4.55. The molecule has 2 saturated carbocycles. The molecule has 0 atom stereocenters. The molecule has 1 heterocycles. The van der Waals surface area contributed by atoms with Gasteiger partial charge >= 0.3 is 0 Å². The van der Waals surface area contributed by atoms with Gasteiger partial charge in [-0.1, -0.05) is 12.1 Å². The second kappa shape index (κ2) is 7.04. The Kier molecular flexibility index (Phi) is 4.61. The Morgan fingerprint density at radius 3 is 2.68 bits per heavy atom. The number of hydrogen-bond donors (Lipinski definition) is 0. The van der Waals surface area contributed by atoms with Crippen LogP contribution in [-0.4, -0.2) is 28.9 Å². The molecule has 0 spiro atoms. The number of nitrogens with zero attached hydrogens (tertiary/aromatic N) is 2. The van der Waals surface area contributed by atoms with Crippen molar-refractivity contribution in [2.24, 2.45) is 5.92 Å². The fourth-order valence-corrected chi connectivity index (χ4v) is 3.57.